The van der Waals surface area contributed by atoms with E-state index < -0.39 is 5.54 Å². The normalized spacial score (nSPS) is 23.7. The van der Waals surface area contributed by atoms with Crippen LogP contribution in [-0.2, 0) is 9.53 Å². The van der Waals surface area contributed by atoms with Gasteiger partial charge in [0.1, 0.15) is 5.54 Å². The van der Waals surface area contributed by atoms with Crippen LogP contribution in [0.3, 0.4) is 0 Å². The van der Waals surface area contributed by atoms with Gasteiger partial charge in [-0.15, -0.1) is 0 Å². The van der Waals surface area contributed by atoms with Gasteiger partial charge in [-0.1, -0.05) is 11.6 Å². The summed E-state index contributed by atoms with van der Waals surface area (Å²) in [4.78, 5) is 12.0. The van der Waals surface area contributed by atoms with Crippen LogP contribution in [0.5, 0.6) is 0 Å². The van der Waals surface area contributed by atoms with E-state index in [0.29, 0.717) is 23.7 Å². The van der Waals surface area contributed by atoms with Gasteiger partial charge in [0.2, 0.25) is 5.91 Å². The number of halogens is 2. The second kappa shape index (κ2) is 4.94. The van der Waals surface area contributed by atoms with Crippen molar-refractivity contribution in [1.29, 1.82) is 0 Å². The van der Waals surface area contributed by atoms with Crippen LogP contribution in [0.1, 0.15) is 6.42 Å². The molecule has 0 bridgehead atoms. The van der Waals surface area contributed by atoms with Gasteiger partial charge in [0.05, 0.1) is 11.6 Å². The van der Waals surface area contributed by atoms with Crippen LogP contribution < -0.4 is 11.1 Å². The predicted molar refractivity (Wildman–Crippen MR) is 70.1 cm³/mol. The molecule has 3 N–H and O–H groups in total. The van der Waals surface area contributed by atoms with Crippen LogP contribution in [0.15, 0.2) is 22.7 Å². The first-order valence-electron chi connectivity index (χ1n) is 5.14. The summed E-state index contributed by atoms with van der Waals surface area (Å²) in [6.45, 7) is 0.780. The summed E-state index contributed by atoms with van der Waals surface area (Å²) >= 11 is 9.16. The Morgan fingerprint density at radius 1 is 1.59 bits per heavy atom. The van der Waals surface area contributed by atoms with E-state index in [1.54, 1.807) is 18.2 Å². The topological polar surface area (TPSA) is 64.4 Å². The molecule has 1 atom stereocenters. The van der Waals surface area contributed by atoms with Gasteiger partial charge in [0, 0.05) is 16.8 Å². The summed E-state index contributed by atoms with van der Waals surface area (Å²) < 4.78 is 5.87. The van der Waals surface area contributed by atoms with Crippen LogP contribution in [0, 0.1) is 0 Å². The molecule has 0 saturated carbocycles. The molecule has 0 aliphatic carbocycles. The summed E-state index contributed by atoms with van der Waals surface area (Å²) in [5, 5.41) is 3.35. The van der Waals surface area contributed by atoms with E-state index in [2.05, 4.69) is 21.2 Å². The Labute approximate surface area is 113 Å². The Morgan fingerprint density at radius 2 is 2.35 bits per heavy atom. The van der Waals surface area contributed by atoms with Gasteiger partial charge in [-0.3, -0.25) is 4.79 Å². The molecule has 0 spiro atoms. The Hall–Kier alpha value is -0.620. The zero-order valence-electron chi connectivity index (χ0n) is 9.00. The molecule has 4 nitrogen and oxygen atoms in total. The van der Waals surface area contributed by atoms with Crippen LogP contribution in [0.2, 0.25) is 5.02 Å². The molecule has 6 heteroatoms. The number of carbonyl (C=O) groups excluding carboxylic acids is 1. The van der Waals surface area contributed by atoms with E-state index in [9.17, 15) is 4.79 Å². The lowest BCUT2D eigenvalue weighted by Crippen LogP contribution is -2.51. The third-order valence-corrected chi connectivity index (χ3v) is 3.90. The highest BCUT2D eigenvalue weighted by atomic mass is 79.9. The van der Waals surface area contributed by atoms with E-state index in [1.165, 1.54) is 0 Å². The Bertz CT molecular complexity index is 447. The van der Waals surface area contributed by atoms with Gasteiger partial charge >= 0.3 is 0 Å². The first-order valence-corrected chi connectivity index (χ1v) is 6.31. The second-order valence-electron chi connectivity index (χ2n) is 4.04. The van der Waals surface area contributed by atoms with Gasteiger partial charge in [0.15, 0.2) is 0 Å². The van der Waals surface area contributed by atoms with Gasteiger partial charge in [-0.2, -0.15) is 0 Å². The molecule has 1 aliphatic heterocycles. The zero-order chi connectivity index (χ0) is 12.5. The molecule has 17 heavy (non-hydrogen) atoms. The summed E-state index contributed by atoms with van der Waals surface area (Å²) in [5.41, 5.74) is 5.67. The highest BCUT2D eigenvalue weighted by Crippen LogP contribution is 2.26. The molecule has 1 aliphatic rings. The first-order chi connectivity index (χ1) is 8.01. The van der Waals surface area contributed by atoms with Crippen molar-refractivity contribution >= 4 is 39.1 Å². The Morgan fingerprint density at radius 3 is 2.94 bits per heavy atom. The van der Waals surface area contributed by atoms with Gasteiger partial charge in [-0.05, 0) is 40.5 Å². The second-order valence-corrected chi connectivity index (χ2v) is 5.30. The van der Waals surface area contributed by atoms with E-state index in [1.807, 2.05) is 0 Å². The fraction of sp³-hybridized carbons (Fsp3) is 0.364. The lowest BCUT2D eigenvalue weighted by molar-refractivity contribution is -0.121. The number of carbonyl (C=O) groups is 1. The molecule has 1 aromatic carbocycles. The maximum absolute atomic E-state index is 12.0. The van der Waals surface area contributed by atoms with Crippen LogP contribution in [-0.4, -0.2) is 24.7 Å². The Kier molecular flexibility index (Phi) is 3.73. The van der Waals surface area contributed by atoms with Crippen molar-refractivity contribution < 1.29 is 9.53 Å². The van der Waals surface area contributed by atoms with Crippen molar-refractivity contribution in [1.82, 2.24) is 0 Å². The van der Waals surface area contributed by atoms with Gasteiger partial charge in [0.25, 0.3) is 0 Å². The van der Waals surface area contributed by atoms with Gasteiger partial charge in [-0.25, -0.2) is 0 Å². The number of hydrogen-bond acceptors (Lipinski definition) is 3. The highest BCUT2D eigenvalue weighted by molar-refractivity contribution is 9.10. The monoisotopic (exact) mass is 318 g/mol. The minimum absolute atomic E-state index is 0.232. The minimum Gasteiger partial charge on any atom is -0.379 e. The van der Waals surface area contributed by atoms with Crippen molar-refractivity contribution in [2.45, 2.75) is 12.0 Å². The molecule has 1 aromatic rings. The number of amides is 1. The molecule has 1 unspecified atom stereocenters. The van der Waals surface area contributed by atoms with Crippen LogP contribution >= 0.6 is 27.5 Å². The van der Waals surface area contributed by atoms with Crippen LogP contribution in [0.25, 0.3) is 0 Å². The molecule has 1 amide bonds. The maximum Gasteiger partial charge on any atom is 0.246 e. The average Bonchev–Trinajstić information content (AvgIpc) is 2.72. The van der Waals surface area contributed by atoms with E-state index in [0.717, 1.165) is 4.47 Å². The largest absolute Gasteiger partial charge is 0.379 e. The number of nitrogens with one attached hydrogen (secondary N) is 1. The van der Waals surface area contributed by atoms with Crippen molar-refractivity contribution in [3.8, 4) is 0 Å². The molecule has 1 heterocycles. The number of anilines is 1. The molecular weight excluding hydrogens is 307 g/mol. The molecule has 2 rings (SSSR count). The summed E-state index contributed by atoms with van der Waals surface area (Å²) in [6.07, 6.45) is 0.535. The van der Waals surface area contributed by atoms with Crippen molar-refractivity contribution in [3.05, 3.63) is 27.7 Å². The quantitative estimate of drug-likeness (QED) is 0.878. The first kappa shape index (κ1) is 12.8. The van der Waals surface area contributed by atoms with E-state index >= 15 is 0 Å². The number of benzene rings is 1. The van der Waals surface area contributed by atoms with Crippen LogP contribution in [0.4, 0.5) is 5.69 Å². The lowest BCUT2D eigenvalue weighted by Gasteiger charge is -2.20. The van der Waals surface area contributed by atoms with Crippen molar-refractivity contribution in [2.75, 3.05) is 18.5 Å². The third kappa shape index (κ3) is 2.80. The van der Waals surface area contributed by atoms with Gasteiger partial charge < -0.3 is 15.8 Å². The lowest BCUT2D eigenvalue weighted by atomic mass is 9.99. The third-order valence-electron chi connectivity index (χ3n) is 2.68. The molecule has 0 aromatic heterocycles. The number of hydrogen-bond donors (Lipinski definition) is 2. The molecule has 1 fully saturated rings. The van der Waals surface area contributed by atoms with Crippen molar-refractivity contribution in [2.24, 2.45) is 5.73 Å². The number of rotatable bonds is 2. The van der Waals surface area contributed by atoms with E-state index in [-0.39, 0.29) is 12.5 Å². The number of nitrogens with two attached hydrogens (primary N) is 1. The van der Waals surface area contributed by atoms with Crippen molar-refractivity contribution in [3.63, 3.8) is 0 Å². The summed E-state index contributed by atoms with van der Waals surface area (Å²) in [5.74, 6) is -0.232. The summed E-state index contributed by atoms with van der Waals surface area (Å²) in [6, 6.07) is 5.17. The minimum atomic E-state index is -0.924. The predicted octanol–water partition coefficient (Wildman–Crippen LogP) is 2.16. The van der Waals surface area contributed by atoms with E-state index in [4.69, 9.17) is 22.1 Å². The molecule has 1 saturated heterocycles. The smallest absolute Gasteiger partial charge is 0.246 e. The molecule has 92 valence electrons. The average molecular weight is 320 g/mol. The standard InChI is InChI=1S/C11H12BrClN2O2/c12-8-5-7(1-2-9(8)13)15-10(16)11(14)3-4-17-6-11/h1-2,5H,3-4,6,14H2,(H,15,16). The molecular formula is C11H12BrClN2O2. The Balaban J connectivity index is 2.10. The number of ether oxygens (including phenoxy) is 1. The zero-order valence-corrected chi connectivity index (χ0v) is 11.3. The fourth-order valence-corrected chi connectivity index (χ4v) is 2.09. The molecule has 0 radical (unpaired) electrons. The SMILES string of the molecule is NC1(C(=O)Nc2ccc(Cl)c(Br)c2)CCOC1. The highest BCUT2D eigenvalue weighted by Gasteiger charge is 2.38. The maximum atomic E-state index is 12.0. The summed E-state index contributed by atoms with van der Waals surface area (Å²) in [7, 11) is 0. The fourth-order valence-electron chi connectivity index (χ4n) is 1.59.